The van der Waals surface area contributed by atoms with Gasteiger partial charge in [-0.1, -0.05) is 25.2 Å². The lowest BCUT2D eigenvalue weighted by atomic mass is 10.7. The Morgan fingerprint density at radius 2 is 1.90 bits per heavy atom. The van der Waals surface area contributed by atoms with Gasteiger partial charge < -0.3 is 0 Å². The second kappa shape index (κ2) is 4.66. The van der Waals surface area contributed by atoms with Crippen molar-refractivity contribution in [2.24, 2.45) is 0 Å². The summed E-state index contributed by atoms with van der Waals surface area (Å²) in [5.74, 6) is -2.56. The predicted octanol–water partition coefficient (Wildman–Crippen LogP) is 3.04. The van der Waals surface area contributed by atoms with Crippen LogP contribution in [0.5, 0.6) is 0 Å². The van der Waals surface area contributed by atoms with E-state index in [2.05, 4.69) is 0 Å². The minimum atomic E-state index is -2.56. The number of nitrogens with zero attached hydrogens (tertiary/aromatic N) is 1. The van der Waals surface area contributed by atoms with Gasteiger partial charge in [-0.05, 0) is 17.5 Å². The van der Waals surface area contributed by atoms with E-state index in [-0.39, 0.29) is 0 Å². The monoisotopic (exact) mass is 201 g/mol. The van der Waals surface area contributed by atoms with E-state index in [0.29, 0.717) is 0 Å². The first-order valence-electron chi connectivity index (χ1n) is 3.19. The van der Waals surface area contributed by atoms with Crippen molar-refractivity contribution in [2.75, 3.05) is 19.3 Å². The van der Waals surface area contributed by atoms with Crippen LogP contribution < -0.4 is 0 Å². The van der Waals surface area contributed by atoms with Crippen LogP contribution in [0.25, 0.3) is 0 Å². The molecule has 0 aromatic rings. The Labute approximate surface area is 71.3 Å². The summed E-state index contributed by atoms with van der Waals surface area (Å²) in [6.45, 7) is 5.40. The van der Waals surface area contributed by atoms with Crippen molar-refractivity contribution < 1.29 is 4.57 Å². The summed E-state index contributed by atoms with van der Waals surface area (Å²) in [6, 6.07) is 0. The van der Waals surface area contributed by atoms with E-state index in [1.54, 1.807) is 10.9 Å². The first-order chi connectivity index (χ1) is 4.58. The summed E-state index contributed by atoms with van der Waals surface area (Å²) in [4.78, 5) is 0. The van der Waals surface area contributed by atoms with Gasteiger partial charge in [0.15, 0.2) is 0 Å². The van der Waals surface area contributed by atoms with Crippen LogP contribution in [-0.4, -0.2) is 24.0 Å². The molecule has 0 aliphatic heterocycles. The van der Waals surface area contributed by atoms with Crippen molar-refractivity contribution in [3.63, 3.8) is 0 Å². The molecular weight excluding hydrogens is 189 g/mol. The second-order valence-electron chi connectivity index (χ2n) is 1.77. The van der Waals surface area contributed by atoms with E-state index in [0.717, 1.165) is 13.1 Å². The molecule has 0 aliphatic carbocycles. The lowest BCUT2D eigenvalue weighted by Crippen LogP contribution is -2.15. The molecule has 1 atom stereocenters. The predicted molar refractivity (Wildman–Crippen MR) is 49.9 cm³/mol. The fourth-order valence-electron chi connectivity index (χ4n) is 0.677. The molecule has 0 saturated carbocycles. The quantitative estimate of drug-likeness (QED) is 0.653. The Morgan fingerprint density at radius 3 is 2.00 bits per heavy atom. The third kappa shape index (κ3) is 2.83. The Kier molecular flexibility index (Phi) is 5.04. The topological polar surface area (TPSA) is 20.3 Å². The molecule has 0 aliphatic rings. The first kappa shape index (κ1) is 10.8. The van der Waals surface area contributed by atoms with Crippen LogP contribution in [0.4, 0.5) is 0 Å². The van der Waals surface area contributed by atoms with E-state index in [4.69, 9.17) is 11.2 Å². The van der Waals surface area contributed by atoms with Crippen LogP contribution in [0.2, 0.25) is 0 Å². The zero-order valence-electron chi connectivity index (χ0n) is 6.50. The Hall–Kier alpha value is 0.830. The van der Waals surface area contributed by atoms with Gasteiger partial charge in [-0.15, -0.1) is 0 Å². The van der Waals surface area contributed by atoms with Gasteiger partial charge in [-0.25, -0.2) is 4.67 Å². The summed E-state index contributed by atoms with van der Waals surface area (Å²) in [6.07, 6.45) is 1.77. The van der Waals surface area contributed by atoms with E-state index in [9.17, 15) is 4.57 Å². The van der Waals surface area contributed by atoms with Crippen molar-refractivity contribution in [3.05, 3.63) is 0 Å². The van der Waals surface area contributed by atoms with Gasteiger partial charge in [0.25, 0.3) is 5.85 Å². The Bertz CT molecular complexity index is 140. The Morgan fingerprint density at radius 1 is 1.50 bits per heavy atom. The molecule has 0 fully saturated rings. The fraction of sp³-hybridized carbons (Fsp3) is 1.00. The van der Waals surface area contributed by atoms with Crippen molar-refractivity contribution in [1.82, 2.24) is 4.67 Å². The minimum absolute atomic E-state index is 0.748. The van der Waals surface area contributed by atoms with Crippen LogP contribution in [0.1, 0.15) is 13.8 Å². The zero-order valence-corrected chi connectivity index (χ0v) is 8.97. The van der Waals surface area contributed by atoms with Gasteiger partial charge >= 0.3 is 0 Å². The molecule has 0 radical (unpaired) electrons. The van der Waals surface area contributed by atoms with Gasteiger partial charge in [-0.2, -0.15) is 0 Å². The molecular formula is C5H13ClNOPS. The number of halogens is 1. The first-order valence-corrected chi connectivity index (χ1v) is 7.58. The van der Waals surface area contributed by atoms with Crippen LogP contribution in [0.3, 0.4) is 0 Å². The van der Waals surface area contributed by atoms with Gasteiger partial charge in [0.2, 0.25) is 0 Å². The molecule has 0 aromatic heterocycles. The molecule has 62 valence electrons. The van der Waals surface area contributed by atoms with E-state index >= 15 is 0 Å². The van der Waals surface area contributed by atoms with Gasteiger partial charge in [-0.3, -0.25) is 4.57 Å². The largest absolute Gasteiger partial charge is 0.289 e. The smallest absolute Gasteiger partial charge is 0.277 e. The molecule has 0 spiro atoms. The maximum absolute atomic E-state index is 11.4. The lowest BCUT2D eigenvalue weighted by molar-refractivity contribution is 0.467. The molecule has 0 heterocycles. The summed E-state index contributed by atoms with van der Waals surface area (Å²) >= 11 is 6.96. The third-order valence-electron chi connectivity index (χ3n) is 1.29. The van der Waals surface area contributed by atoms with E-state index in [1.165, 1.54) is 11.4 Å². The van der Waals surface area contributed by atoms with Gasteiger partial charge in [0.1, 0.15) is 0 Å². The highest BCUT2D eigenvalue weighted by molar-refractivity contribution is 8.64. The highest BCUT2D eigenvalue weighted by Crippen LogP contribution is 2.64. The van der Waals surface area contributed by atoms with Gasteiger partial charge in [0.05, 0.1) is 0 Å². The van der Waals surface area contributed by atoms with Crippen molar-refractivity contribution in [2.45, 2.75) is 13.8 Å². The van der Waals surface area contributed by atoms with E-state index < -0.39 is 5.85 Å². The van der Waals surface area contributed by atoms with E-state index in [1.807, 2.05) is 13.8 Å². The normalized spacial score (nSPS) is 17.3. The van der Waals surface area contributed by atoms with Crippen LogP contribution >= 0.6 is 28.5 Å². The molecule has 1 unspecified atom stereocenters. The zero-order chi connectivity index (χ0) is 8.20. The SMILES string of the molecule is CCN(CC)P(=O)(Cl)SC. The average Bonchev–Trinajstić information content (AvgIpc) is 1.90. The molecule has 0 amide bonds. The number of hydrogen-bond donors (Lipinski definition) is 0. The maximum Gasteiger partial charge on any atom is 0.289 e. The molecule has 2 nitrogen and oxygen atoms in total. The van der Waals surface area contributed by atoms with Crippen molar-refractivity contribution in [3.8, 4) is 0 Å². The standard InChI is InChI=1S/C5H13ClNOPS/c1-4-7(5-2)9(6,8)10-3/h4-5H2,1-3H3. The second-order valence-corrected chi connectivity index (χ2v) is 8.16. The number of hydrogen-bond acceptors (Lipinski definition) is 2. The minimum Gasteiger partial charge on any atom is -0.277 e. The number of rotatable bonds is 4. The summed E-state index contributed by atoms with van der Waals surface area (Å²) < 4.78 is 13.2. The third-order valence-corrected chi connectivity index (χ3v) is 6.91. The molecule has 5 heteroatoms. The summed E-state index contributed by atoms with van der Waals surface area (Å²) in [5, 5.41) is 0. The molecule has 0 saturated heterocycles. The van der Waals surface area contributed by atoms with Crippen LogP contribution in [-0.2, 0) is 4.57 Å². The van der Waals surface area contributed by atoms with Crippen LogP contribution in [0, 0.1) is 0 Å². The average molecular weight is 202 g/mol. The molecule has 0 N–H and O–H groups in total. The summed E-state index contributed by atoms with van der Waals surface area (Å²) in [7, 11) is 0. The van der Waals surface area contributed by atoms with Crippen LogP contribution in [0.15, 0.2) is 0 Å². The lowest BCUT2D eigenvalue weighted by Gasteiger charge is -2.21. The highest BCUT2D eigenvalue weighted by Gasteiger charge is 2.23. The molecule has 0 rings (SSSR count). The van der Waals surface area contributed by atoms with Gasteiger partial charge in [0, 0.05) is 13.1 Å². The molecule has 0 bridgehead atoms. The molecule has 0 aromatic carbocycles. The summed E-state index contributed by atoms with van der Waals surface area (Å²) in [5.41, 5.74) is 0. The highest BCUT2D eigenvalue weighted by atomic mass is 35.7. The molecule has 10 heavy (non-hydrogen) atoms. The fourth-order valence-corrected chi connectivity index (χ4v) is 3.61. The van der Waals surface area contributed by atoms with Crippen molar-refractivity contribution >= 4 is 28.5 Å². The maximum atomic E-state index is 11.4. The van der Waals surface area contributed by atoms with Crippen molar-refractivity contribution in [1.29, 1.82) is 0 Å². The Balaban J connectivity index is 4.12.